The van der Waals surface area contributed by atoms with Crippen LogP contribution in [0.3, 0.4) is 0 Å². The van der Waals surface area contributed by atoms with E-state index in [0.717, 1.165) is 37.3 Å². The maximum absolute atomic E-state index is 12.6. The van der Waals surface area contributed by atoms with Crippen LogP contribution in [0.5, 0.6) is 0 Å². The molecule has 0 spiro atoms. The maximum atomic E-state index is 12.6. The van der Waals surface area contributed by atoms with Gasteiger partial charge in [0.15, 0.2) is 11.5 Å². The second-order valence-electron chi connectivity index (χ2n) is 6.39. The van der Waals surface area contributed by atoms with E-state index in [1.54, 1.807) is 11.0 Å². The number of nitrogens with one attached hydrogen (secondary N) is 1. The van der Waals surface area contributed by atoms with Gasteiger partial charge < -0.3 is 14.2 Å². The number of ether oxygens (including phenoxy) is 1. The Bertz CT molecular complexity index is 721. The van der Waals surface area contributed by atoms with E-state index >= 15 is 0 Å². The molecule has 3 heterocycles. The Labute approximate surface area is 139 Å². The SMILES string of the molecule is CCCc1nc([C@H]2CN(C(=O)c3cc(C4CC4)on3)CCO2)n[nH]1. The van der Waals surface area contributed by atoms with Gasteiger partial charge in [0.1, 0.15) is 17.7 Å². The van der Waals surface area contributed by atoms with Gasteiger partial charge >= 0.3 is 0 Å². The van der Waals surface area contributed by atoms with Crippen molar-refractivity contribution >= 4 is 5.91 Å². The molecule has 0 aromatic carbocycles. The lowest BCUT2D eigenvalue weighted by molar-refractivity contribution is -0.0269. The van der Waals surface area contributed by atoms with Crippen LogP contribution >= 0.6 is 0 Å². The standard InChI is InChI=1S/C16H21N5O3/c1-2-3-14-17-15(19-18-14)13-9-21(6-7-23-13)16(22)11-8-12(24-20-11)10-4-5-10/h8,10,13H,2-7,9H2,1H3,(H,17,18,19)/t13-/m1/s1. The molecule has 0 bridgehead atoms. The largest absolute Gasteiger partial charge is 0.366 e. The summed E-state index contributed by atoms with van der Waals surface area (Å²) in [6, 6.07) is 1.77. The van der Waals surface area contributed by atoms with E-state index in [1.165, 1.54) is 0 Å². The second kappa shape index (κ2) is 6.35. The first-order chi connectivity index (χ1) is 11.7. The molecule has 2 aromatic heterocycles. The van der Waals surface area contributed by atoms with Crippen molar-refractivity contribution < 1.29 is 14.1 Å². The number of carbonyl (C=O) groups is 1. The van der Waals surface area contributed by atoms with Crippen LogP contribution in [0.1, 0.15) is 66.1 Å². The minimum absolute atomic E-state index is 0.122. The van der Waals surface area contributed by atoms with Crippen LogP contribution in [0.15, 0.2) is 10.6 Å². The Morgan fingerprint density at radius 1 is 1.46 bits per heavy atom. The molecule has 8 nitrogen and oxygen atoms in total. The van der Waals surface area contributed by atoms with Crippen molar-refractivity contribution in [1.29, 1.82) is 0 Å². The van der Waals surface area contributed by atoms with Gasteiger partial charge in [-0.3, -0.25) is 9.89 Å². The zero-order valence-electron chi connectivity index (χ0n) is 13.7. The van der Waals surface area contributed by atoms with Gasteiger partial charge in [-0.1, -0.05) is 12.1 Å². The Morgan fingerprint density at radius 3 is 3.12 bits per heavy atom. The molecule has 1 atom stereocenters. The summed E-state index contributed by atoms with van der Waals surface area (Å²) in [5.41, 5.74) is 0.374. The molecule has 1 aliphatic carbocycles. The van der Waals surface area contributed by atoms with Gasteiger partial charge in [-0.05, 0) is 19.3 Å². The molecular weight excluding hydrogens is 310 g/mol. The van der Waals surface area contributed by atoms with E-state index in [1.807, 2.05) is 0 Å². The van der Waals surface area contributed by atoms with Gasteiger partial charge in [0.05, 0.1) is 13.2 Å². The monoisotopic (exact) mass is 331 g/mol. The molecule has 0 radical (unpaired) electrons. The van der Waals surface area contributed by atoms with Crippen molar-refractivity contribution in [3.63, 3.8) is 0 Å². The number of amides is 1. The van der Waals surface area contributed by atoms with E-state index in [9.17, 15) is 4.79 Å². The molecule has 1 saturated carbocycles. The number of H-pyrrole nitrogens is 1. The minimum atomic E-state index is -0.306. The van der Waals surface area contributed by atoms with Gasteiger partial charge in [0, 0.05) is 24.9 Å². The minimum Gasteiger partial charge on any atom is -0.366 e. The van der Waals surface area contributed by atoms with Crippen molar-refractivity contribution in [2.75, 3.05) is 19.7 Å². The highest BCUT2D eigenvalue weighted by molar-refractivity contribution is 5.92. The smallest absolute Gasteiger partial charge is 0.276 e. The number of hydrogen-bond donors (Lipinski definition) is 1. The summed E-state index contributed by atoms with van der Waals surface area (Å²) in [4.78, 5) is 18.8. The Morgan fingerprint density at radius 2 is 2.33 bits per heavy atom. The van der Waals surface area contributed by atoms with Gasteiger partial charge in [-0.2, -0.15) is 5.10 Å². The highest BCUT2D eigenvalue weighted by Gasteiger charge is 2.32. The molecular formula is C16H21N5O3. The molecule has 0 unspecified atom stereocenters. The van der Waals surface area contributed by atoms with Gasteiger partial charge in [0.25, 0.3) is 5.91 Å². The maximum Gasteiger partial charge on any atom is 0.276 e. The Balaban J connectivity index is 1.44. The first kappa shape index (κ1) is 15.3. The number of nitrogens with zero attached hydrogens (tertiary/aromatic N) is 4. The van der Waals surface area contributed by atoms with Crippen LogP contribution in [0, 0.1) is 0 Å². The summed E-state index contributed by atoms with van der Waals surface area (Å²) in [5.74, 6) is 2.60. The Hall–Kier alpha value is -2.22. The van der Waals surface area contributed by atoms with Crippen LogP contribution in [0.2, 0.25) is 0 Å². The normalized spacial score (nSPS) is 21.2. The predicted octanol–water partition coefficient (Wildman–Crippen LogP) is 1.84. The Kier molecular flexibility index (Phi) is 4.05. The summed E-state index contributed by atoms with van der Waals surface area (Å²) in [5, 5.41) is 11.1. The molecule has 1 N–H and O–H groups in total. The molecule has 128 valence electrons. The number of aromatic nitrogens is 4. The first-order valence-corrected chi connectivity index (χ1v) is 8.53. The number of carbonyl (C=O) groups excluding carboxylic acids is 1. The quantitative estimate of drug-likeness (QED) is 0.898. The van der Waals surface area contributed by atoms with Gasteiger partial charge in [-0.25, -0.2) is 4.98 Å². The first-order valence-electron chi connectivity index (χ1n) is 8.53. The fourth-order valence-electron chi connectivity index (χ4n) is 2.90. The molecule has 4 rings (SSSR count). The van der Waals surface area contributed by atoms with E-state index in [4.69, 9.17) is 9.26 Å². The lowest BCUT2D eigenvalue weighted by Gasteiger charge is -2.31. The highest BCUT2D eigenvalue weighted by atomic mass is 16.5. The third-order valence-electron chi connectivity index (χ3n) is 4.40. The summed E-state index contributed by atoms with van der Waals surface area (Å²) in [7, 11) is 0. The topological polar surface area (TPSA) is 97.1 Å². The van der Waals surface area contributed by atoms with E-state index in [2.05, 4.69) is 27.3 Å². The number of aromatic amines is 1. The number of morpholine rings is 1. The van der Waals surface area contributed by atoms with Crippen molar-refractivity contribution in [2.24, 2.45) is 0 Å². The summed E-state index contributed by atoms with van der Waals surface area (Å²) < 4.78 is 11.0. The van der Waals surface area contributed by atoms with Crippen molar-refractivity contribution in [2.45, 2.75) is 44.6 Å². The van der Waals surface area contributed by atoms with Crippen LogP contribution in [0.4, 0.5) is 0 Å². The van der Waals surface area contributed by atoms with Crippen molar-refractivity contribution in [3.8, 4) is 0 Å². The lowest BCUT2D eigenvalue weighted by Crippen LogP contribution is -2.42. The third kappa shape index (κ3) is 3.06. The van der Waals surface area contributed by atoms with Gasteiger partial charge in [0.2, 0.25) is 0 Å². The van der Waals surface area contributed by atoms with Crippen LogP contribution < -0.4 is 0 Å². The fourth-order valence-corrected chi connectivity index (χ4v) is 2.90. The second-order valence-corrected chi connectivity index (χ2v) is 6.39. The number of hydrogen-bond acceptors (Lipinski definition) is 6. The predicted molar refractivity (Wildman–Crippen MR) is 83.5 cm³/mol. The number of rotatable bonds is 5. The zero-order chi connectivity index (χ0) is 16.5. The molecule has 24 heavy (non-hydrogen) atoms. The molecule has 1 aliphatic heterocycles. The summed E-state index contributed by atoms with van der Waals surface area (Å²) in [6.45, 7) is 3.51. The summed E-state index contributed by atoms with van der Waals surface area (Å²) >= 11 is 0. The van der Waals surface area contributed by atoms with Crippen molar-refractivity contribution in [3.05, 3.63) is 29.2 Å². The molecule has 2 aromatic rings. The number of aryl methyl sites for hydroxylation is 1. The molecule has 1 saturated heterocycles. The fraction of sp³-hybridized carbons (Fsp3) is 0.625. The molecule has 8 heteroatoms. The van der Waals surface area contributed by atoms with Gasteiger partial charge in [-0.15, -0.1) is 0 Å². The zero-order valence-corrected chi connectivity index (χ0v) is 13.7. The lowest BCUT2D eigenvalue weighted by atomic mass is 10.2. The van der Waals surface area contributed by atoms with Crippen molar-refractivity contribution in [1.82, 2.24) is 25.2 Å². The molecule has 2 aliphatic rings. The average molecular weight is 331 g/mol. The van der Waals surface area contributed by atoms with Crippen LogP contribution in [0.25, 0.3) is 0 Å². The van der Waals surface area contributed by atoms with Crippen LogP contribution in [-0.2, 0) is 11.2 Å². The van der Waals surface area contributed by atoms with Crippen LogP contribution in [-0.4, -0.2) is 50.8 Å². The van der Waals surface area contributed by atoms with E-state index < -0.39 is 0 Å². The summed E-state index contributed by atoms with van der Waals surface area (Å²) in [6.07, 6.45) is 3.78. The van der Waals surface area contributed by atoms with E-state index in [-0.39, 0.29) is 12.0 Å². The third-order valence-corrected chi connectivity index (χ3v) is 4.40. The van der Waals surface area contributed by atoms with E-state index in [0.29, 0.717) is 37.1 Å². The highest BCUT2D eigenvalue weighted by Crippen LogP contribution is 2.40. The molecule has 1 amide bonds. The average Bonchev–Trinajstić information content (AvgIpc) is 3.15. The molecule has 2 fully saturated rings.